The maximum absolute atomic E-state index is 12.3. The van der Waals surface area contributed by atoms with Gasteiger partial charge in [-0.3, -0.25) is 0 Å². The third kappa shape index (κ3) is 8.87. The summed E-state index contributed by atoms with van der Waals surface area (Å²) in [5.74, 6) is 0.384. The second-order valence-corrected chi connectivity index (χ2v) is 13.9. The molecule has 0 aliphatic carbocycles. The molecule has 0 amide bonds. The lowest BCUT2D eigenvalue weighted by molar-refractivity contribution is -0.471. The number of allylic oxidation sites excluding steroid dienone is 2. The highest BCUT2D eigenvalue weighted by molar-refractivity contribution is 6.76. The standard InChI is InChI=1S/C24H33NOSi/c1-27(2,3)20-12-6-11-17-24(23-15-9-5-10-16-23)18-19-25(26)21-22-13-7-4-8-14-22/h4-10,12-16,19,24H,11,17-18,20-21H2,1-3H3/b12-6+,25-19-. The Bertz CT molecular complexity index is 717. The van der Waals surface area contributed by atoms with Gasteiger partial charge in [0.25, 0.3) is 0 Å². The van der Waals surface area contributed by atoms with Crippen LogP contribution in [-0.4, -0.2) is 19.0 Å². The van der Waals surface area contributed by atoms with Gasteiger partial charge in [-0.2, -0.15) is 0 Å². The van der Waals surface area contributed by atoms with Crippen LogP contribution in [-0.2, 0) is 6.54 Å². The quantitative estimate of drug-likeness (QED) is 0.114. The summed E-state index contributed by atoms with van der Waals surface area (Å²) in [6.45, 7) is 7.61. The molecule has 1 atom stereocenters. The van der Waals surface area contributed by atoms with Gasteiger partial charge >= 0.3 is 0 Å². The Morgan fingerprint density at radius 2 is 1.56 bits per heavy atom. The molecule has 0 aliphatic rings. The average molecular weight is 380 g/mol. The molecule has 0 aliphatic heterocycles. The van der Waals surface area contributed by atoms with Gasteiger partial charge in [-0.15, -0.1) is 0 Å². The average Bonchev–Trinajstić information content (AvgIpc) is 2.64. The zero-order valence-electron chi connectivity index (χ0n) is 17.0. The van der Waals surface area contributed by atoms with E-state index in [0.717, 1.165) is 29.6 Å². The molecule has 2 aromatic carbocycles. The van der Waals surface area contributed by atoms with Crippen molar-refractivity contribution in [3.8, 4) is 0 Å². The summed E-state index contributed by atoms with van der Waals surface area (Å²) < 4.78 is 1.08. The Kier molecular flexibility index (Phi) is 8.53. The summed E-state index contributed by atoms with van der Waals surface area (Å²) in [4.78, 5) is 0. The molecule has 0 bridgehead atoms. The Morgan fingerprint density at radius 3 is 2.19 bits per heavy atom. The highest BCUT2D eigenvalue weighted by atomic mass is 28.3. The summed E-state index contributed by atoms with van der Waals surface area (Å²) in [5, 5.41) is 12.3. The molecule has 2 aromatic rings. The van der Waals surface area contributed by atoms with Crippen LogP contribution in [0, 0.1) is 5.21 Å². The van der Waals surface area contributed by atoms with Gasteiger partial charge in [0.1, 0.15) is 0 Å². The van der Waals surface area contributed by atoms with Gasteiger partial charge in [0, 0.05) is 20.1 Å². The smallest absolute Gasteiger partial charge is 0.178 e. The van der Waals surface area contributed by atoms with E-state index in [1.54, 1.807) is 0 Å². The van der Waals surface area contributed by atoms with Gasteiger partial charge in [-0.25, -0.2) is 4.74 Å². The van der Waals surface area contributed by atoms with E-state index in [4.69, 9.17) is 0 Å². The fourth-order valence-electron chi connectivity index (χ4n) is 3.07. The molecule has 1 unspecified atom stereocenters. The third-order valence-electron chi connectivity index (χ3n) is 4.62. The molecular weight excluding hydrogens is 346 g/mol. The fraction of sp³-hybridized carbons (Fsp3) is 0.375. The first-order valence-electron chi connectivity index (χ1n) is 9.95. The van der Waals surface area contributed by atoms with Crippen LogP contribution in [0.4, 0.5) is 0 Å². The number of benzene rings is 2. The molecule has 2 rings (SSSR count). The van der Waals surface area contributed by atoms with Crippen LogP contribution in [0.1, 0.15) is 36.3 Å². The van der Waals surface area contributed by atoms with Gasteiger partial charge in [0.15, 0.2) is 12.8 Å². The van der Waals surface area contributed by atoms with E-state index >= 15 is 0 Å². The summed E-state index contributed by atoms with van der Waals surface area (Å²) in [7, 11) is -1.01. The lowest BCUT2D eigenvalue weighted by atomic mass is 9.91. The molecule has 2 nitrogen and oxygen atoms in total. The predicted molar refractivity (Wildman–Crippen MR) is 120 cm³/mol. The van der Waals surface area contributed by atoms with Gasteiger partial charge in [0.2, 0.25) is 0 Å². The number of hydrogen-bond acceptors (Lipinski definition) is 1. The normalized spacial score (nSPS) is 13.8. The predicted octanol–water partition coefficient (Wildman–Crippen LogP) is 6.62. The van der Waals surface area contributed by atoms with E-state index in [0.29, 0.717) is 12.5 Å². The van der Waals surface area contributed by atoms with E-state index in [1.807, 2.05) is 42.6 Å². The van der Waals surface area contributed by atoms with Crippen LogP contribution in [0.3, 0.4) is 0 Å². The monoisotopic (exact) mass is 379 g/mol. The van der Waals surface area contributed by atoms with Crippen molar-refractivity contribution >= 4 is 14.3 Å². The fourth-order valence-corrected chi connectivity index (χ4v) is 3.94. The molecule has 0 fully saturated rings. The Balaban J connectivity index is 1.95. The van der Waals surface area contributed by atoms with E-state index in [-0.39, 0.29) is 0 Å². The van der Waals surface area contributed by atoms with Crippen molar-refractivity contribution in [3.05, 3.63) is 89.1 Å². The second kappa shape index (κ2) is 10.9. The Labute approximate surface area is 165 Å². The van der Waals surface area contributed by atoms with Crippen molar-refractivity contribution in [2.75, 3.05) is 0 Å². The SMILES string of the molecule is C[Si](C)(C)C/C=C/CCC(C/C=[N+](\[O-])Cc1ccccc1)c1ccccc1. The third-order valence-corrected chi connectivity index (χ3v) is 6.08. The van der Waals surface area contributed by atoms with Crippen LogP contribution in [0.25, 0.3) is 0 Å². The highest BCUT2D eigenvalue weighted by Crippen LogP contribution is 2.24. The van der Waals surface area contributed by atoms with Crippen molar-refractivity contribution in [1.82, 2.24) is 0 Å². The molecule has 3 heteroatoms. The molecule has 27 heavy (non-hydrogen) atoms. The van der Waals surface area contributed by atoms with Crippen molar-refractivity contribution in [2.45, 2.75) is 57.4 Å². The topological polar surface area (TPSA) is 26.1 Å². The molecule has 0 saturated heterocycles. The number of rotatable bonds is 10. The lowest BCUT2D eigenvalue weighted by Gasteiger charge is -2.15. The maximum atomic E-state index is 12.3. The molecule has 144 valence electrons. The van der Waals surface area contributed by atoms with Crippen LogP contribution < -0.4 is 0 Å². The zero-order valence-corrected chi connectivity index (χ0v) is 18.0. The maximum Gasteiger partial charge on any atom is 0.178 e. The summed E-state index contributed by atoms with van der Waals surface area (Å²) in [6, 6.07) is 21.7. The van der Waals surface area contributed by atoms with Crippen LogP contribution in [0.5, 0.6) is 0 Å². The summed E-state index contributed by atoms with van der Waals surface area (Å²) in [5.41, 5.74) is 2.37. The zero-order chi connectivity index (χ0) is 19.5. The van der Waals surface area contributed by atoms with E-state index in [2.05, 4.69) is 56.1 Å². The van der Waals surface area contributed by atoms with Gasteiger partial charge in [-0.05, 0) is 30.4 Å². The molecule has 0 heterocycles. The number of nitrogens with zero attached hydrogens (tertiary/aromatic N) is 1. The van der Waals surface area contributed by atoms with Gasteiger partial charge < -0.3 is 5.21 Å². The van der Waals surface area contributed by atoms with E-state index in [9.17, 15) is 5.21 Å². The molecule has 0 N–H and O–H groups in total. The van der Waals surface area contributed by atoms with Gasteiger partial charge in [0.05, 0.1) is 0 Å². The van der Waals surface area contributed by atoms with Crippen LogP contribution in [0.2, 0.25) is 25.7 Å². The highest BCUT2D eigenvalue weighted by Gasteiger charge is 2.12. The largest absolute Gasteiger partial charge is 0.624 e. The molecule has 0 spiro atoms. The van der Waals surface area contributed by atoms with Crippen molar-refractivity contribution in [2.24, 2.45) is 0 Å². The van der Waals surface area contributed by atoms with E-state index < -0.39 is 8.07 Å². The van der Waals surface area contributed by atoms with E-state index in [1.165, 1.54) is 11.6 Å². The second-order valence-electron chi connectivity index (χ2n) is 8.40. The van der Waals surface area contributed by atoms with Crippen LogP contribution in [0.15, 0.2) is 72.8 Å². The minimum absolute atomic E-state index is 0.384. The number of hydroxylamine groups is 1. The summed E-state index contributed by atoms with van der Waals surface area (Å²) >= 11 is 0. The van der Waals surface area contributed by atoms with Crippen LogP contribution >= 0.6 is 0 Å². The minimum Gasteiger partial charge on any atom is -0.624 e. The van der Waals surface area contributed by atoms with Crippen molar-refractivity contribution in [3.63, 3.8) is 0 Å². The first-order valence-corrected chi connectivity index (χ1v) is 13.7. The summed E-state index contributed by atoms with van der Waals surface area (Å²) in [6.07, 6.45) is 9.41. The lowest BCUT2D eigenvalue weighted by Crippen LogP contribution is -2.17. The van der Waals surface area contributed by atoms with Crippen molar-refractivity contribution in [1.29, 1.82) is 0 Å². The molecule has 0 aromatic heterocycles. The number of hydrogen-bond donors (Lipinski definition) is 0. The Hall–Kier alpha value is -2.13. The minimum atomic E-state index is -1.01. The first-order chi connectivity index (χ1) is 12.9. The molecular formula is C24H33NOSi. The van der Waals surface area contributed by atoms with Crippen molar-refractivity contribution < 1.29 is 4.74 Å². The first kappa shape index (κ1) is 21.2. The molecule has 0 saturated carbocycles. The van der Waals surface area contributed by atoms with Gasteiger partial charge in [-0.1, -0.05) is 92.5 Å². The molecule has 0 radical (unpaired) electrons. The Morgan fingerprint density at radius 1 is 0.926 bits per heavy atom.